The summed E-state index contributed by atoms with van der Waals surface area (Å²) in [4.78, 5) is 15.8. The summed E-state index contributed by atoms with van der Waals surface area (Å²) in [7, 11) is 0. The van der Waals surface area contributed by atoms with E-state index in [1.54, 1.807) is 0 Å². The maximum atomic E-state index is 13.5. The Balaban J connectivity index is 0.00000306. The quantitative estimate of drug-likeness (QED) is 0.0857. The molecule has 9 rings (SSSR count). The van der Waals surface area contributed by atoms with Crippen molar-refractivity contribution in [1.29, 1.82) is 0 Å². The molecule has 0 spiro atoms. The third-order valence-corrected chi connectivity index (χ3v) is 12.4. The van der Waals surface area contributed by atoms with Crippen molar-refractivity contribution in [2.75, 3.05) is 4.90 Å². The number of hydrogen-bond acceptors (Lipinski definition) is 3. The minimum Gasteiger partial charge on any atom is -0.426 e. The van der Waals surface area contributed by atoms with Crippen LogP contribution < -0.4 is 9.64 Å². The van der Waals surface area contributed by atoms with Crippen molar-refractivity contribution < 1.29 is 9.53 Å². The molecule has 0 saturated heterocycles. The fourth-order valence-corrected chi connectivity index (χ4v) is 8.89. The number of rotatable bonds is 13. The molecule has 64 heavy (non-hydrogen) atoms. The number of ether oxygens (including phenoxy) is 1. The van der Waals surface area contributed by atoms with Gasteiger partial charge in [-0.3, -0.25) is 4.79 Å². The second-order valence-electron chi connectivity index (χ2n) is 16.4. The van der Waals surface area contributed by atoms with Crippen molar-refractivity contribution in [1.82, 2.24) is 4.57 Å². The van der Waals surface area contributed by atoms with Gasteiger partial charge < -0.3 is 14.2 Å². The third-order valence-electron chi connectivity index (χ3n) is 12.4. The first kappa shape index (κ1) is 44.9. The van der Waals surface area contributed by atoms with E-state index < -0.39 is 0 Å². The number of carbonyl (C=O) groups excluding carboxylic acids is 1. The Morgan fingerprint density at radius 2 is 1.00 bits per heavy atom. The summed E-state index contributed by atoms with van der Waals surface area (Å²) >= 11 is 0. The van der Waals surface area contributed by atoms with E-state index in [1.165, 1.54) is 55.2 Å². The zero-order valence-electron chi connectivity index (χ0n) is 36.0. The Kier molecular flexibility index (Phi) is 14.0. The van der Waals surface area contributed by atoms with Crippen molar-refractivity contribution in [3.63, 3.8) is 0 Å². The van der Waals surface area contributed by atoms with Crippen LogP contribution in [0, 0.1) is 12.8 Å². The normalized spacial score (nSPS) is 11.9. The molecule has 0 fully saturated rings. The molecular weight excluding hydrogens is 781 g/mol. The van der Waals surface area contributed by atoms with Gasteiger partial charge in [0.15, 0.2) is 0 Å². The van der Waals surface area contributed by atoms with Gasteiger partial charge in [0.05, 0.1) is 5.92 Å². The first-order valence-electron chi connectivity index (χ1n) is 21.9. The standard InChI is InChI=1S/C58H52N2O2.2CH4/c1-5-42(44-22-31-51(32-23-44)60(50-29-16-40(3)17-30-50)52-33-24-46(25-34-52)43-12-8-7-9-13-43)38-41(4)58(61)62-53-35-26-47(27-36-53)45-18-20-48(21-19-45)49-28-37-57-55(39-49)54-14-10-11-15-56(54)59(57)6-2;;/h7-37,39,41-42H,5-6,38H2,1-4H3;2*1H4. The van der Waals surface area contributed by atoms with Gasteiger partial charge in [-0.25, -0.2) is 0 Å². The largest absolute Gasteiger partial charge is 0.426 e. The lowest BCUT2D eigenvalue weighted by molar-refractivity contribution is -0.138. The summed E-state index contributed by atoms with van der Waals surface area (Å²) in [5.74, 6) is 0.304. The number of benzene rings is 8. The molecule has 0 N–H and O–H groups in total. The van der Waals surface area contributed by atoms with Crippen LogP contribution in [0.4, 0.5) is 17.1 Å². The molecule has 0 bridgehead atoms. The topological polar surface area (TPSA) is 34.5 Å². The zero-order valence-corrected chi connectivity index (χ0v) is 36.0. The molecule has 1 aromatic heterocycles. The lowest BCUT2D eigenvalue weighted by Crippen LogP contribution is -2.20. The second-order valence-corrected chi connectivity index (χ2v) is 16.4. The predicted molar refractivity (Wildman–Crippen MR) is 273 cm³/mol. The number of anilines is 3. The van der Waals surface area contributed by atoms with Crippen molar-refractivity contribution in [3.05, 3.63) is 205 Å². The molecule has 2 unspecified atom stereocenters. The lowest BCUT2D eigenvalue weighted by Gasteiger charge is -2.27. The minimum absolute atomic E-state index is 0. The Bertz CT molecular complexity index is 2930. The Morgan fingerprint density at radius 3 is 1.59 bits per heavy atom. The van der Waals surface area contributed by atoms with E-state index in [1.807, 2.05) is 37.3 Å². The van der Waals surface area contributed by atoms with Crippen LogP contribution >= 0.6 is 0 Å². The van der Waals surface area contributed by atoms with Gasteiger partial charge in [-0.2, -0.15) is 0 Å². The van der Waals surface area contributed by atoms with E-state index in [2.05, 4.69) is 194 Å². The van der Waals surface area contributed by atoms with Gasteiger partial charge in [0.2, 0.25) is 0 Å². The number of aryl methyl sites for hydroxylation is 2. The summed E-state index contributed by atoms with van der Waals surface area (Å²) in [6.45, 7) is 9.43. The molecule has 1 heterocycles. The molecule has 0 aliphatic carbocycles. The highest BCUT2D eigenvalue weighted by molar-refractivity contribution is 6.09. The lowest BCUT2D eigenvalue weighted by atomic mass is 9.87. The Morgan fingerprint density at radius 1 is 0.531 bits per heavy atom. The number of fused-ring (bicyclic) bond motifs is 3. The molecule has 0 radical (unpaired) electrons. The fraction of sp³-hybridized carbons (Fsp3) is 0.183. The van der Waals surface area contributed by atoms with Crippen LogP contribution in [0.2, 0.25) is 0 Å². The molecule has 9 aromatic rings. The van der Waals surface area contributed by atoms with Crippen LogP contribution in [-0.4, -0.2) is 10.5 Å². The van der Waals surface area contributed by atoms with Gasteiger partial charge in [0.1, 0.15) is 5.75 Å². The van der Waals surface area contributed by atoms with Crippen LogP contribution in [0.1, 0.15) is 65.5 Å². The highest BCUT2D eigenvalue weighted by atomic mass is 16.5. The van der Waals surface area contributed by atoms with Crippen LogP contribution in [0.15, 0.2) is 194 Å². The highest BCUT2D eigenvalue weighted by Gasteiger charge is 2.22. The van der Waals surface area contributed by atoms with Crippen LogP contribution in [-0.2, 0) is 11.3 Å². The van der Waals surface area contributed by atoms with Gasteiger partial charge in [0.25, 0.3) is 0 Å². The van der Waals surface area contributed by atoms with Gasteiger partial charge in [-0.1, -0.05) is 162 Å². The predicted octanol–water partition coefficient (Wildman–Crippen LogP) is 17.0. The fourth-order valence-electron chi connectivity index (χ4n) is 8.89. The molecule has 0 amide bonds. The van der Waals surface area contributed by atoms with Crippen molar-refractivity contribution in [2.24, 2.45) is 5.92 Å². The van der Waals surface area contributed by atoms with E-state index in [-0.39, 0.29) is 32.7 Å². The average Bonchev–Trinajstić information content (AvgIpc) is 3.65. The number of esters is 1. The SMILES string of the molecule is C.C.CCC(CC(C)C(=O)Oc1ccc(-c2ccc(-c3ccc4c(c3)c3ccccc3n4CC)cc2)cc1)c1ccc(N(c2ccc(C)cc2)c2ccc(-c3ccccc3)cc2)cc1. The molecule has 4 nitrogen and oxygen atoms in total. The van der Waals surface area contributed by atoms with Crippen LogP contribution in [0.5, 0.6) is 5.75 Å². The van der Waals surface area contributed by atoms with Crippen molar-refractivity contribution >= 4 is 44.8 Å². The van der Waals surface area contributed by atoms with E-state index in [0.717, 1.165) is 41.2 Å². The Labute approximate surface area is 380 Å². The number of para-hydroxylation sites is 1. The zero-order chi connectivity index (χ0) is 42.6. The van der Waals surface area contributed by atoms with Gasteiger partial charge in [0, 0.05) is 45.4 Å². The Hall–Kier alpha value is -7.17. The summed E-state index contributed by atoms with van der Waals surface area (Å²) in [5.41, 5.74) is 15.2. The van der Waals surface area contributed by atoms with E-state index in [4.69, 9.17) is 4.74 Å². The van der Waals surface area contributed by atoms with E-state index in [9.17, 15) is 4.79 Å². The summed E-state index contributed by atoms with van der Waals surface area (Å²) in [6, 6.07) is 68.8. The van der Waals surface area contributed by atoms with E-state index >= 15 is 0 Å². The molecular formula is C60H60N2O2. The second kappa shape index (κ2) is 19.9. The van der Waals surface area contributed by atoms with Crippen LogP contribution in [0.25, 0.3) is 55.2 Å². The van der Waals surface area contributed by atoms with Crippen molar-refractivity contribution in [2.45, 2.75) is 67.9 Å². The molecule has 0 saturated carbocycles. The molecule has 322 valence electrons. The van der Waals surface area contributed by atoms with Gasteiger partial charge in [-0.05, 0) is 138 Å². The average molecular weight is 841 g/mol. The molecule has 0 aliphatic heterocycles. The van der Waals surface area contributed by atoms with Crippen LogP contribution in [0.3, 0.4) is 0 Å². The van der Waals surface area contributed by atoms with Gasteiger partial charge in [-0.15, -0.1) is 0 Å². The maximum absolute atomic E-state index is 13.5. The summed E-state index contributed by atoms with van der Waals surface area (Å²) in [6.07, 6.45) is 1.63. The first-order valence-corrected chi connectivity index (χ1v) is 21.9. The third kappa shape index (κ3) is 9.28. The van der Waals surface area contributed by atoms with Gasteiger partial charge >= 0.3 is 5.97 Å². The number of hydrogen-bond donors (Lipinski definition) is 0. The number of nitrogens with zero attached hydrogens (tertiary/aromatic N) is 2. The molecule has 0 aliphatic rings. The molecule has 4 heteroatoms. The van der Waals surface area contributed by atoms with Crippen molar-refractivity contribution in [3.8, 4) is 39.1 Å². The monoisotopic (exact) mass is 840 g/mol. The highest BCUT2D eigenvalue weighted by Crippen LogP contribution is 2.38. The molecule has 2 atom stereocenters. The number of carbonyl (C=O) groups is 1. The number of aromatic nitrogens is 1. The maximum Gasteiger partial charge on any atom is 0.314 e. The molecule has 8 aromatic carbocycles. The van der Waals surface area contributed by atoms with E-state index in [0.29, 0.717) is 12.2 Å². The smallest absolute Gasteiger partial charge is 0.314 e. The first-order chi connectivity index (χ1) is 30.4. The summed E-state index contributed by atoms with van der Waals surface area (Å²) < 4.78 is 8.33. The minimum atomic E-state index is -0.267. The summed E-state index contributed by atoms with van der Waals surface area (Å²) in [5, 5.41) is 2.57.